The number of halogens is 5. The zero-order valence-corrected chi connectivity index (χ0v) is 50.5. The molecular weight excluding hydrogens is 1110 g/mol. The number of likely N-dealkylation sites (N-methyl/N-ethyl adjacent to an activating group) is 2. The first-order chi connectivity index (χ1) is 39.8. The number of Topliss-reactive ketones (excluding diaryl/α,β-unsaturated/α-hetero) is 2. The number of aliphatic carboxylic acids is 1. The maximum atomic E-state index is 14.6. The predicted molar refractivity (Wildman–Crippen MR) is 297 cm³/mol. The standard InChI is InChI=1S/C60H88F5N3O16/c1-12-38(4)55(45(77-10)36-48(72)68-22-16-19-43(68)56(78-11)39(5)44(69)34-41(59(75)76)33-40-17-14-13-15-18-40)66(8)58(74)42(37(2)3)35-46(70)60(6,7)67(9)47(71)20-23-79-25-27-81-29-31-83-32-30-82-28-26-80-24-21-49(73)84-57-53(64)51(62)50(61)52(63)54(57)65/h13-15,17-18,37-39,41-43,45,55-56H,12,16,19-36H2,1-11H3,(H,75,76)/t38-,39-,41+,42-,43-,45+,55-,56+/m0/s1. The number of esters is 1. The highest BCUT2D eigenvalue weighted by molar-refractivity contribution is 5.95. The summed E-state index contributed by atoms with van der Waals surface area (Å²) >= 11 is 0. The lowest BCUT2D eigenvalue weighted by Gasteiger charge is -2.41. The van der Waals surface area contributed by atoms with Crippen LogP contribution in [0.3, 0.4) is 0 Å². The predicted octanol–water partition coefficient (Wildman–Crippen LogP) is 7.44. The number of amides is 3. The average molecular weight is 1200 g/mol. The minimum atomic E-state index is -2.37. The van der Waals surface area contributed by atoms with Gasteiger partial charge in [0.05, 0.1) is 121 Å². The van der Waals surface area contributed by atoms with E-state index in [9.17, 15) is 60.6 Å². The number of rotatable bonds is 41. The largest absolute Gasteiger partial charge is 0.481 e. The number of ether oxygens (including phenoxy) is 8. The van der Waals surface area contributed by atoms with E-state index in [4.69, 9.17) is 33.2 Å². The summed E-state index contributed by atoms with van der Waals surface area (Å²) in [4.78, 5) is 99.0. The first-order valence-electron chi connectivity index (χ1n) is 28.6. The lowest BCUT2D eigenvalue weighted by molar-refractivity contribution is -0.151. The maximum Gasteiger partial charge on any atom is 0.313 e. The summed E-state index contributed by atoms with van der Waals surface area (Å²) in [6.45, 7) is 14.3. The van der Waals surface area contributed by atoms with Gasteiger partial charge in [-0.15, -0.1) is 0 Å². The molecule has 24 heteroatoms. The highest BCUT2D eigenvalue weighted by atomic mass is 19.2. The quantitative estimate of drug-likeness (QED) is 0.0171. The molecule has 0 unspecified atom stereocenters. The fraction of sp³-hybridized carbons (Fsp3) is 0.683. The Balaban J connectivity index is 1.42. The monoisotopic (exact) mass is 1200 g/mol. The molecular formula is C60H88F5N3O16. The molecule has 1 heterocycles. The van der Waals surface area contributed by atoms with Gasteiger partial charge in [0.15, 0.2) is 5.78 Å². The molecule has 0 aromatic heterocycles. The number of benzene rings is 2. The van der Waals surface area contributed by atoms with Crippen LogP contribution in [0.5, 0.6) is 5.75 Å². The zero-order chi connectivity index (χ0) is 62.8. The smallest absolute Gasteiger partial charge is 0.313 e. The van der Waals surface area contributed by atoms with Crippen molar-refractivity contribution in [2.24, 2.45) is 29.6 Å². The van der Waals surface area contributed by atoms with Crippen LogP contribution in [0, 0.1) is 58.7 Å². The summed E-state index contributed by atoms with van der Waals surface area (Å²) in [5.41, 5.74) is -0.476. The second-order valence-corrected chi connectivity index (χ2v) is 21.9. The number of carboxylic acid groups (broad SMARTS) is 1. The van der Waals surface area contributed by atoms with Crippen molar-refractivity contribution in [3.05, 3.63) is 65.0 Å². The number of hydrogen-bond donors (Lipinski definition) is 1. The zero-order valence-electron chi connectivity index (χ0n) is 50.5. The number of ketones is 2. The maximum absolute atomic E-state index is 14.6. The van der Waals surface area contributed by atoms with Gasteiger partial charge in [0, 0.05) is 59.5 Å². The van der Waals surface area contributed by atoms with Gasteiger partial charge in [0.2, 0.25) is 52.6 Å². The summed E-state index contributed by atoms with van der Waals surface area (Å²) in [6.07, 6.45) is -0.333. The number of likely N-dealkylation sites (tertiary alicyclic amines) is 1. The Bertz CT molecular complexity index is 2410. The number of methoxy groups -OCH3 is 2. The van der Waals surface area contributed by atoms with E-state index < -0.39 is 101 Å². The molecule has 0 aliphatic carbocycles. The number of nitrogens with zero attached hydrogens (tertiary/aromatic N) is 3. The first-order valence-corrected chi connectivity index (χ1v) is 28.6. The van der Waals surface area contributed by atoms with Gasteiger partial charge < -0.3 is 57.7 Å². The van der Waals surface area contributed by atoms with Crippen LogP contribution in [0.15, 0.2) is 30.3 Å². The third kappa shape index (κ3) is 21.5. The number of carbonyl (C=O) groups is 7. The number of hydrogen-bond acceptors (Lipinski definition) is 15. The summed E-state index contributed by atoms with van der Waals surface area (Å²) in [7, 11) is 6.19. The van der Waals surface area contributed by atoms with Crippen LogP contribution in [0.2, 0.25) is 0 Å². The molecule has 3 amide bonds. The molecule has 1 aliphatic heterocycles. The highest BCUT2D eigenvalue weighted by Gasteiger charge is 2.44. The molecule has 474 valence electrons. The molecule has 0 bridgehead atoms. The van der Waals surface area contributed by atoms with Gasteiger partial charge in [-0.2, -0.15) is 8.78 Å². The number of carboxylic acids is 1. The van der Waals surface area contributed by atoms with Gasteiger partial charge >= 0.3 is 11.9 Å². The second kappa shape index (κ2) is 36.5. The second-order valence-electron chi connectivity index (χ2n) is 21.9. The summed E-state index contributed by atoms with van der Waals surface area (Å²) in [6, 6.07) is 8.10. The molecule has 3 rings (SSSR count). The average Bonchev–Trinajstić information content (AvgIpc) is 4.01. The Morgan fingerprint density at radius 2 is 1.21 bits per heavy atom. The van der Waals surface area contributed by atoms with Crippen LogP contribution in [0.4, 0.5) is 22.0 Å². The van der Waals surface area contributed by atoms with E-state index in [0.29, 0.717) is 25.8 Å². The minimum absolute atomic E-state index is 0.0198. The summed E-state index contributed by atoms with van der Waals surface area (Å²) in [5, 5.41) is 10.0. The van der Waals surface area contributed by atoms with Crippen molar-refractivity contribution in [3.8, 4) is 5.75 Å². The Morgan fingerprint density at radius 1 is 0.702 bits per heavy atom. The van der Waals surface area contributed by atoms with Gasteiger partial charge in [-0.1, -0.05) is 71.4 Å². The van der Waals surface area contributed by atoms with Gasteiger partial charge in [0.1, 0.15) is 5.78 Å². The molecule has 19 nitrogen and oxygen atoms in total. The number of carbonyl (C=O) groups excluding carboxylic acids is 6. The molecule has 2 aromatic carbocycles. The fourth-order valence-corrected chi connectivity index (χ4v) is 10.0. The highest BCUT2D eigenvalue weighted by Crippen LogP contribution is 2.33. The molecule has 1 fully saturated rings. The molecule has 8 atom stereocenters. The minimum Gasteiger partial charge on any atom is -0.481 e. The Labute approximate surface area is 490 Å². The van der Waals surface area contributed by atoms with Crippen LogP contribution < -0.4 is 4.74 Å². The molecule has 2 aromatic rings. The van der Waals surface area contributed by atoms with E-state index in [1.165, 1.54) is 26.2 Å². The van der Waals surface area contributed by atoms with Gasteiger partial charge in [0.25, 0.3) is 0 Å². The van der Waals surface area contributed by atoms with Crippen molar-refractivity contribution in [1.29, 1.82) is 0 Å². The summed E-state index contributed by atoms with van der Waals surface area (Å²) < 4.78 is 110. The van der Waals surface area contributed by atoms with E-state index in [1.54, 1.807) is 37.6 Å². The lowest BCUT2D eigenvalue weighted by Crippen LogP contribution is -2.55. The van der Waals surface area contributed by atoms with E-state index in [2.05, 4.69) is 4.74 Å². The normalized spacial score (nSPS) is 16.2. The Kier molecular flexibility index (Phi) is 31.6. The van der Waals surface area contributed by atoms with Crippen molar-refractivity contribution >= 4 is 41.2 Å². The Morgan fingerprint density at radius 3 is 1.70 bits per heavy atom. The SMILES string of the molecule is CC[C@H](C)[C@@H]([C@@H](CC(=O)N1CCC[C@H]1[C@H](OC)[C@@H](C)C(=O)C[C@@H](Cc1ccccc1)C(=O)O)OC)N(C)C(=O)[C@@H](CC(=O)C(C)(C)N(C)C(=O)CCOCCOCCOCCOCCOCCC(=O)Oc1c(F)c(F)c(F)c(F)c1F)C(C)C. The van der Waals surface area contributed by atoms with Crippen molar-refractivity contribution in [3.63, 3.8) is 0 Å². The first kappa shape index (κ1) is 72.8. The van der Waals surface area contributed by atoms with Crippen LogP contribution >= 0.6 is 0 Å². The van der Waals surface area contributed by atoms with Crippen molar-refractivity contribution in [1.82, 2.24) is 14.7 Å². The van der Waals surface area contributed by atoms with Crippen LogP contribution in [0.1, 0.15) is 105 Å². The Hall–Kier alpha value is -5.50. The van der Waals surface area contributed by atoms with E-state index in [0.717, 1.165) is 5.56 Å². The van der Waals surface area contributed by atoms with Crippen molar-refractivity contribution in [2.45, 2.75) is 136 Å². The molecule has 1 saturated heterocycles. The van der Waals surface area contributed by atoms with Gasteiger partial charge in [-0.3, -0.25) is 33.6 Å². The third-order valence-corrected chi connectivity index (χ3v) is 15.7. The molecule has 0 spiro atoms. The van der Waals surface area contributed by atoms with Crippen molar-refractivity contribution in [2.75, 3.05) is 101 Å². The molecule has 1 aliphatic rings. The lowest BCUT2D eigenvalue weighted by atomic mass is 9.82. The fourth-order valence-electron chi connectivity index (χ4n) is 10.0. The topological polar surface area (TPSA) is 223 Å². The van der Waals surface area contributed by atoms with Crippen LogP contribution in [-0.4, -0.2) is 192 Å². The van der Waals surface area contributed by atoms with Crippen LogP contribution in [-0.2, 0) is 73.1 Å². The van der Waals surface area contributed by atoms with Crippen LogP contribution in [0.25, 0.3) is 0 Å². The summed E-state index contributed by atoms with van der Waals surface area (Å²) in [5.74, 6) is -19.7. The van der Waals surface area contributed by atoms with E-state index in [1.807, 2.05) is 58.0 Å². The molecule has 1 N–H and O–H groups in total. The van der Waals surface area contributed by atoms with E-state index in [-0.39, 0.29) is 139 Å². The third-order valence-electron chi connectivity index (χ3n) is 15.7. The molecule has 84 heavy (non-hydrogen) atoms. The molecule has 0 radical (unpaired) electrons. The van der Waals surface area contributed by atoms with Crippen molar-refractivity contribution < 1.29 is 98.5 Å². The van der Waals surface area contributed by atoms with E-state index >= 15 is 0 Å². The van der Waals surface area contributed by atoms with Gasteiger partial charge in [-0.25, -0.2) is 13.2 Å². The molecule has 0 saturated carbocycles. The van der Waals surface area contributed by atoms with Gasteiger partial charge in [-0.05, 0) is 50.5 Å².